The smallest absolute Gasteiger partial charge is 0.295 e. The molecule has 1 aromatic heterocycles. The molecule has 0 unspecified atom stereocenters. The number of hydrogen-bond donors (Lipinski definition) is 2. The van der Waals surface area contributed by atoms with E-state index in [1.54, 1.807) is 30.5 Å². The van der Waals surface area contributed by atoms with Crippen LogP contribution in [0.15, 0.2) is 123 Å². The highest BCUT2D eigenvalue weighted by atomic mass is 32.2. The van der Waals surface area contributed by atoms with Crippen LogP contribution in [0.5, 0.6) is 0 Å². The zero-order chi connectivity index (χ0) is 26.7. The lowest BCUT2D eigenvalue weighted by Gasteiger charge is -2.12. The van der Waals surface area contributed by atoms with Crippen molar-refractivity contribution < 1.29 is 13.0 Å². The van der Waals surface area contributed by atoms with Crippen molar-refractivity contribution in [3.8, 4) is 22.4 Å². The molecule has 0 aliphatic carbocycles. The second-order valence-corrected chi connectivity index (χ2v) is 9.84. The third-order valence-electron chi connectivity index (χ3n) is 6.00. The number of benzene rings is 4. The molecule has 0 spiro atoms. The van der Waals surface area contributed by atoms with E-state index in [0.29, 0.717) is 11.1 Å². The van der Waals surface area contributed by atoms with Gasteiger partial charge in [-0.05, 0) is 35.7 Å². The van der Waals surface area contributed by atoms with Gasteiger partial charge in [-0.3, -0.25) is 9.54 Å². The SMILES string of the molecule is Cc1cc(/N=N/c2cc(S(=O)(=O)O)c3ccccc3c2N=NN)cnc1-c1ccccc1-c1ccccc1. The monoisotopic (exact) mass is 522 g/mol. The van der Waals surface area contributed by atoms with Crippen LogP contribution in [0.25, 0.3) is 33.2 Å². The predicted octanol–water partition coefficient (Wildman–Crippen LogP) is 7.50. The highest BCUT2D eigenvalue weighted by molar-refractivity contribution is 7.86. The van der Waals surface area contributed by atoms with Crippen LogP contribution >= 0.6 is 0 Å². The van der Waals surface area contributed by atoms with Gasteiger partial charge in [-0.1, -0.05) is 84.1 Å². The summed E-state index contributed by atoms with van der Waals surface area (Å²) in [6.07, 6.45) is 1.59. The molecular formula is C28H22N6O3S. The summed E-state index contributed by atoms with van der Waals surface area (Å²) in [5.74, 6) is 5.31. The van der Waals surface area contributed by atoms with Crippen LogP contribution in [0, 0.1) is 6.92 Å². The van der Waals surface area contributed by atoms with E-state index >= 15 is 0 Å². The fourth-order valence-corrected chi connectivity index (χ4v) is 5.05. The average molecular weight is 523 g/mol. The maximum atomic E-state index is 12.1. The van der Waals surface area contributed by atoms with Crippen molar-refractivity contribution in [1.29, 1.82) is 0 Å². The number of aryl methyl sites for hydroxylation is 1. The zero-order valence-electron chi connectivity index (χ0n) is 20.2. The number of aromatic nitrogens is 1. The lowest BCUT2D eigenvalue weighted by atomic mass is 9.95. The molecule has 4 aromatic carbocycles. The fourth-order valence-electron chi connectivity index (χ4n) is 4.33. The first-order valence-electron chi connectivity index (χ1n) is 11.5. The summed E-state index contributed by atoms with van der Waals surface area (Å²) in [5, 5.41) is 16.4. The van der Waals surface area contributed by atoms with Gasteiger partial charge in [-0.15, -0.1) is 15.3 Å². The first-order valence-corrected chi connectivity index (χ1v) is 13.0. The average Bonchev–Trinajstić information content (AvgIpc) is 2.92. The van der Waals surface area contributed by atoms with Gasteiger partial charge in [0.1, 0.15) is 22.0 Å². The molecule has 38 heavy (non-hydrogen) atoms. The number of nitrogens with two attached hydrogens (primary N) is 1. The Morgan fingerprint density at radius 3 is 2.13 bits per heavy atom. The minimum Gasteiger partial charge on any atom is -0.305 e. The van der Waals surface area contributed by atoms with Crippen LogP contribution in [-0.2, 0) is 10.1 Å². The summed E-state index contributed by atoms with van der Waals surface area (Å²) in [6.45, 7) is 1.93. The Hall–Kier alpha value is -4.80. The number of pyridine rings is 1. The lowest BCUT2D eigenvalue weighted by molar-refractivity contribution is 0.484. The van der Waals surface area contributed by atoms with E-state index in [9.17, 15) is 13.0 Å². The summed E-state index contributed by atoms with van der Waals surface area (Å²) < 4.78 is 34.0. The Balaban J connectivity index is 1.57. The lowest BCUT2D eigenvalue weighted by Crippen LogP contribution is -1.99. The normalized spacial score (nSPS) is 12.1. The van der Waals surface area contributed by atoms with Crippen LogP contribution < -0.4 is 5.84 Å². The number of nitrogens with zero attached hydrogens (tertiary/aromatic N) is 5. The Morgan fingerprint density at radius 1 is 0.789 bits per heavy atom. The molecule has 0 amide bonds. The molecule has 0 radical (unpaired) electrons. The molecule has 0 aliphatic rings. The molecule has 5 aromatic rings. The third kappa shape index (κ3) is 4.90. The van der Waals surface area contributed by atoms with E-state index in [1.807, 2.05) is 49.4 Å². The quantitative estimate of drug-likeness (QED) is 0.103. The summed E-state index contributed by atoms with van der Waals surface area (Å²) in [7, 11) is -4.55. The molecule has 10 heteroatoms. The second kappa shape index (κ2) is 10.3. The first kappa shape index (κ1) is 24.9. The summed E-state index contributed by atoms with van der Waals surface area (Å²) in [4.78, 5) is 4.34. The van der Waals surface area contributed by atoms with Crippen LogP contribution in [-0.4, -0.2) is 18.0 Å². The van der Waals surface area contributed by atoms with Gasteiger partial charge in [0.05, 0.1) is 11.9 Å². The van der Waals surface area contributed by atoms with Crippen molar-refractivity contribution in [2.45, 2.75) is 11.8 Å². The maximum Gasteiger partial charge on any atom is 0.295 e. The van der Waals surface area contributed by atoms with Gasteiger partial charge in [0.2, 0.25) is 0 Å². The maximum absolute atomic E-state index is 12.1. The molecule has 9 nitrogen and oxygen atoms in total. The van der Waals surface area contributed by atoms with Crippen LogP contribution in [0.2, 0.25) is 0 Å². The third-order valence-corrected chi connectivity index (χ3v) is 6.89. The number of azo groups is 1. The van der Waals surface area contributed by atoms with Crippen LogP contribution in [0.1, 0.15) is 5.56 Å². The van der Waals surface area contributed by atoms with Crippen molar-refractivity contribution in [3.63, 3.8) is 0 Å². The molecule has 188 valence electrons. The summed E-state index contributed by atoms with van der Waals surface area (Å²) >= 11 is 0. The van der Waals surface area contributed by atoms with Crippen molar-refractivity contribution in [2.75, 3.05) is 0 Å². The number of hydrogen-bond acceptors (Lipinski definition) is 7. The van der Waals surface area contributed by atoms with Gasteiger partial charge in [-0.25, -0.2) is 0 Å². The minimum absolute atomic E-state index is 0.0710. The van der Waals surface area contributed by atoms with Crippen LogP contribution in [0.3, 0.4) is 0 Å². The molecule has 5 rings (SSSR count). The van der Waals surface area contributed by atoms with Gasteiger partial charge in [0.15, 0.2) is 0 Å². The van der Waals surface area contributed by atoms with Crippen molar-refractivity contribution >= 4 is 38.0 Å². The minimum atomic E-state index is -4.55. The fraction of sp³-hybridized carbons (Fsp3) is 0.0357. The van der Waals surface area contributed by atoms with Crippen molar-refractivity contribution in [3.05, 3.63) is 103 Å². The van der Waals surface area contributed by atoms with E-state index in [1.165, 1.54) is 6.07 Å². The topological polar surface area (TPSA) is 143 Å². The van der Waals surface area contributed by atoms with Gasteiger partial charge in [-0.2, -0.15) is 8.42 Å². The molecule has 0 aliphatic heterocycles. The van der Waals surface area contributed by atoms with Crippen molar-refractivity contribution in [1.82, 2.24) is 4.98 Å². The van der Waals surface area contributed by atoms with Gasteiger partial charge in [0, 0.05) is 16.3 Å². The molecule has 0 saturated heterocycles. The first-order chi connectivity index (χ1) is 18.4. The Kier molecular flexibility index (Phi) is 6.73. The highest BCUT2D eigenvalue weighted by Gasteiger charge is 2.20. The summed E-state index contributed by atoms with van der Waals surface area (Å²) in [5.41, 5.74) is 5.55. The van der Waals surface area contributed by atoms with E-state index in [4.69, 9.17) is 5.84 Å². The Bertz CT molecular complexity index is 1820. The predicted molar refractivity (Wildman–Crippen MR) is 146 cm³/mol. The molecule has 1 heterocycles. The van der Waals surface area contributed by atoms with E-state index < -0.39 is 10.1 Å². The molecular weight excluding hydrogens is 500 g/mol. The Morgan fingerprint density at radius 2 is 1.45 bits per heavy atom. The van der Waals surface area contributed by atoms with Gasteiger partial charge >= 0.3 is 0 Å². The standard InChI is InChI=1S/C28H22N6O3S/c1-18-15-20(17-30-27(18)23-13-7-5-11-21(23)19-9-3-2-4-10-19)31-32-25-16-26(38(35,36)37)22-12-6-8-14-24(22)28(25)33-34-29/h2-17H,1H3,(H2,29,33)(H,35,36,37)/b32-31+. The molecule has 3 N–H and O–H groups in total. The highest BCUT2D eigenvalue weighted by Crippen LogP contribution is 2.41. The van der Waals surface area contributed by atoms with Gasteiger partial charge in [0.25, 0.3) is 10.1 Å². The van der Waals surface area contributed by atoms with Crippen molar-refractivity contribution in [2.24, 2.45) is 26.4 Å². The largest absolute Gasteiger partial charge is 0.305 e. The van der Waals surface area contributed by atoms with Gasteiger partial charge < -0.3 is 5.84 Å². The van der Waals surface area contributed by atoms with E-state index in [2.05, 4.69) is 43.7 Å². The van der Waals surface area contributed by atoms with E-state index in [-0.39, 0.29) is 21.7 Å². The van der Waals surface area contributed by atoms with E-state index in [0.717, 1.165) is 27.9 Å². The number of fused-ring (bicyclic) bond motifs is 1. The molecule has 0 atom stereocenters. The second-order valence-electron chi connectivity index (χ2n) is 8.45. The summed E-state index contributed by atoms with van der Waals surface area (Å²) in [6, 6.07) is 27.7. The molecule has 0 saturated carbocycles. The Labute approximate surface area is 219 Å². The van der Waals surface area contributed by atoms with Crippen LogP contribution in [0.4, 0.5) is 17.1 Å². The zero-order valence-corrected chi connectivity index (χ0v) is 21.0. The molecule has 0 bridgehead atoms. The molecule has 0 fully saturated rings. The number of rotatable bonds is 6.